The second kappa shape index (κ2) is 9.98. The van der Waals surface area contributed by atoms with Gasteiger partial charge in [0.2, 0.25) is 9.84 Å². The van der Waals surface area contributed by atoms with Crippen LogP contribution in [0.3, 0.4) is 0 Å². The summed E-state index contributed by atoms with van der Waals surface area (Å²) < 4.78 is 96.3. The smallest absolute Gasteiger partial charge is 0.376 e. The van der Waals surface area contributed by atoms with Gasteiger partial charge in [-0.3, -0.25) is 0 Å². The van der Waals surface area contributed by atoms with Crippen LogP contribution in [0.2, 0.25) is 0 Å². The Kier molecular flexibility index (Phi) is 7.50. The van der Waals surface area contributed by atoms with Gasteiger partial charge in [0.1, 0.15) is 24.3 Å². The van der Waals surface area contributed by atoms with E-state index in [-0.39, 0.29) is 6.61 Å². The predicted molar refractivity (Wildman–Crippen MR) is 110 cm³/mol. The molecule has 0 fully saturated rings. The number of halogens is 4. The fourth-order valence-corrected chi connectivity index (χ4v) is 4.65. The van der Waals surface area contributed by atoms with Crippen molar-refractivity contribution < 1.29 is 35.5 Å². The van der Waals surface area contributed by atoms with Crippen molar-refractivity contribution in [2.24, 2.45) is 0 Å². The van der Waals surface area contributed by atoms with Crippen molar-refractivity contribution in [3.05, 3.63) is 83.9 Å². The summed E-state index contributed by atoms with van der Waals surface area (Å²) in [6.45, 7) is -1.44. The average molecular weight is 487 g/mol. The standard InChI is InChI=1S/C21H21F4N3O4S/c1-31-20(13-28-15-26-14-27-28,18-8-7-17(22)11-19(18)23)21(24,25)33(29,30)10-9-32-12-16-5-3-2-4-6-16/h2-8,11,14-15H,9-10,12-13H2,1H3. The predicted octanol–water partition coefficient (Wildman–Crippen LogP) is 3.32. The Morgan fingerprint density at radius 2 is 1.82 bits per heavy atom. The van der Waals surface area contributed by atoms with Crippen molar-refractivity contribution in [3.63, 3.8) is 0 Å². The van der Waals surface area contributed by atoms with Crippen LogP contribution < -0.4 is 0 Å². The molecule has 0 radical (unpaired) electrons. The van der Waals surface area contributed by atoms with Crippen molar-refractivity contribution in [2.75, 3.05) is 19.5 Å². The topological polar surface area (TPSA) is 83.3 Å². The maximum absolute atomic E-state index is 15.7. The van der Waals surface area contributed by atoms with Crippen LogP contribution >= 0.6 is 0 Å². The Balaban J connectivity index is 1.93. The quantitative estimate of drug-likeness (QED) is 0.305. The summed E-state index contributed by atoms with van der Waals surface area (Å²) >= 11 is 0. The van der Waals surface area contributed by atoms with Crippen molar-refractivity contribution in [1.82, 2.24) is 14.8 Å². The second-order valence-corrected chi connectivity index (χ2v) is 9.27. The maximum Gasteiger partial charge on any atom is 0.379 e. The minimum atomic E-state index is -5.27. The highest BCUT2D eigenvalue weighted by molar-refractivity contribution is 7.92. The minimum absolute atomic E-state index is 0.0168. The average Bonchev–Trinajstić information content (AvgIpc) is 3.29. The SMILES string of the molecule is COC(Cn1cncn1)(c1ccc(F)cc1F)C(F)(F)S(=O)(=O)CCOCc1ccccc1. The van der Waals surface area contributed by atoms with E-state index in [9.17, 15) is 17.2 Å². The molecule has 2 aromatic carbocycles. The first-order valence-electron chi connectivity index (χ1n) is 9.68. The molecular weight excluding hydrogens is 466 g/mol. The molecule has 3 aromatic rings. The van der Waals surface area contributed by atoms with Gasteiger partial charge in [-0.2, -0.15) is 13.9 Å². The maximum atomic E-state index is 15.7. The van der Waals surface area contributed by atoms with Crippen LogP contribution in [-0.4, -0.2) is 47.9 Å². The van der Waals surface area contributed by atoms with Crippen LogP contribution in [0.5, 0.6) is 0 Å². The lowest BCUT2D eigenvalue weighted by atomic mass is 9.92. The fourth-order valence-electron chi connectivity index (χ4n) is 3.30. The van der Waals surface area contributed by atoms with Gasteiger partial charge in [-0.1, -0.05) is 30.3 Å². The number of hydrogen-bond acceptors (Lipinski definition) is 6. The van der Waals surface area contributed by atoms with Gasteiger partial charge in [-0.05, 0) is 17.7 Å². The summed E-state index contributed by atoms with van der Waals surface area (Å²) in [7, 11) is -4.45. The van der Waals surface area contributed by atoms with Crippen molar-refractivity contribution in [2.45, 2.75) is 24.0 Å². The summed E-state index contributed by atoms with van der Waals surface area (Å²) in [6, 6.07) is 10.6. The Labute approximate surface area is 187 Å². The van der Waals surface area contributed by atoms with Gasteiger partial charge >= 0.3 is 5.25 Å². The van der Waals surface area contributed by atoms with E-state index in [0.717, 1.165) is 42.1 Å². The summed E-state index contributed by atoms with van der Waals surface area (Å²) in [5.74, 6) is -3.49. The molecule has 0 saturated heterocycles. The molecule has 7 nitrogen and oxygen atoms in total. The van der Waals surface area contributed by atoms with Crippen LogP contribution in [0, 0.1) is 11.6 Å². The molecule has 0 aliphatic rings. The summed E-state index contributed by atoms with van der Waals surface area (Å²) in [4.78, 5) is 3.63. The van der Waals surface area contributed by atoms with E-state index in [1.54, 1.807) is 30.3 Å². The monoisotopic (exact) mass is 487 g/mol. The molecule has 33 heavy (non-hydrogen) atoms. The van der Waals surface area contributed by atoms with E-state index in [1.165, 1.54) is 0 Å². The molecule has 3 rings (SSSR count). The van der Waals surface area contributed by atoms with Crippen LogP contribution in [0.25, 0.3) is 0 Å². The number of alkyl halides is 2. The zero-order chi connectivity index (χ0) is 24.1. The number of ether oxygens (including phenoxy) is 2. The molecule has 1 heterocycles. The molecule has 0 bridgehead atoms. The van der Waals surface area contributed by atoms with Crippen molar-refractivity contribution >= 4 is 9.84 Å². The number of aromatic nitrogens is 3. The van der Waals surface area contributed by atoms with Crippen LogP contribution in [0.1, 0.15) is 11.1 Å². The number of nitrogens with zero attached hydrogens (tertiary/aromatic N) is 3. The highest BCUT2D eigenvalue weighted by atomic mass is 32.2. The first-order valence-corrected chi connectivity index (χ1v) is 11.3. The van der Waals surface area contributed by atoms with E-state index in [0.29, 0.717) is 6.07 Å². The normalized spacial score (nSPS) is 14.2. The molecule has 12 heteroatoms. The van der Waals surface area contributed by atoms with Crippen molar-refractivity contribution in [3.8, 4) is 0 Å². The molecule has 0 spiro atoms. The van der Waals surface area contributed by atoms with E-state index < -0.39 is 56.8 Å². The molecule has 0 aliphatic carbocycles. The number of hydrogen-bond donors (Lipinski definition) is 0. The molecule has 0 amide bonds. The first-order chi connectivity index (χ1) is 15.6. The van der Waals surface area contributed by atoms with Gasteiger partial charge in [0.15, 0.2) is 5.60 Å². The third kappa shape index (κ3) is 5.07. The molecule has 1 atom stereocenters. The highest BCUT2D eigenvalue weighted by Crippen LogP contribution is 2.46. The van der Waals surface area contributed by atoms with Gasteiger partial charge in [0, 0.05) is 18.7 Å². The molecule has 1 aromatic heterocycles. The van der Waals surface area contributed by atoms with Crippen LogP contribution in [0.15, 0.2) is 61.2 Å². The zero-order valence-corrected chi connectivity index (χ0v) is 18.3. The second-order valence-electron chi connectivity index (χ2n) is 7.12. The van der Waals surface area contributed by atoms with Gasteiger partial charge in [-0.25, -0.2) is 26.9 Å². The number of rotatable bonds is 11. The Bertz CT molecular complexity index is 1160. The molecule has 0 N–H and O–H groups in total. The van der Waals surface area contributed by atoms with Crippen LogP contribution in [0.4, 0.5) is 17.6 Å². The Morgan fingerprint density at radius 3 is 2.42 bits per heavy atom. The van der Waals surface area contributed by atoms with Gasteiger partial charge in [0.25, 0.3) is 0 Å². The number of benzene rings is 2. The van der Waals surface area contributed by atoms with Gasteiger partial charge in [-0.15, -0.1) is 0 Å². The lowest BCUT2D eigenvalue weighted by molar-refractivity contribution is -0.166. The molecule has 178 valence electrons. The summed E-state index contributed by atoms with van der Waals surface area (Å²) in [6.07, 6.45) is 2.08. The van der Waals surface area contributed by atoms with Crippen LogP contribution in [-0.2, 0) is 38.1 Å². The fraction of sp³-hybridized carbons (Fsp3) is 0.333. The minimum Gasteiger partial charge on any atom is -0.376 e. The largest absolute Gasteiger partial charge is 0.379 e. The van der Waals surface area contributed by atoms with E-state index in [4.69, 9.17) is 9.47 Å². The number of sulfone groups is 1. The Hall–Kier alpha value is -2.83. The summed E-state index contributed by atoms with van der Waals surface area (Å²) in [5.41, 5.74) is -3.19. The van der Waals surface area contributed by atoms with E-state index >= 15 is 8.78 Å². The van der Waals surface area contributed by atoms with Gasteiger partial charge in [0.05, 0.1) is 25.5 Å². The van der Waals surface area contributed by atoms with Gasteiger partial charge < -0.3 is 9.47 Å². The zero-order valence-electron chi connectivity index (χ0n) is 17.5. The van der Waals surface area contributed by atoms with E-state index in [2.05, 4.69) is 10.1 Å². The molecular formula is C21H21F4N3O4S. The summed E-state index contributed by atoms with van der Waals surface area (Å²) in [5, 5.41) is -0.955. The van der Waals surface area contributed by atoms with Crippen molar-refractivity contribution in [1.29, 1.82) is 0 Å². The number of methoxy groups -OCH3 is 1. The lowest BCUT2D eigenvalue weighted by Crippen LogP contribution is -2.56. The molecule has 0 saturated carbocycles. The highest BCUT2D eigenvalue weighted by Gasteiger charge is 2.65. The first kappa shape index (κ1) is 24.8. The third-order valence-electron chi connectivity index (χ3n) is 5.03. The Morgan fingerprint density at radius 1 is 1.09 bits per heavy atom. The van der Waals surface area contributed by atoms with E-state index in [1.807, 2.05) is 0 Å². The lowest BCUT2D eigenvalue weighted by Gasteiger charge is -2.38. The molecule has 1 unspecified atom stereocenters. The third-order valence-corrected chi connectivity index (χ3v) is 6.85. The molecule has 0 aliphatic heterocycles.